The highest BCUT2D eigenvalue weighted by molar-refractivity contribution is 7.09. The Morgan fingerprint density at radius 2 is 1.97 bits per heavy atom. The van der Waals surface area contributed by atoms with Crippen LogP contribution in [0, 0.1) is 0 Å². The minimum Gasteiger partial charge on any atom is -0.334 e. The van der Waals surface area contributed by atoms with Crippen LogP contribution in [0.2, 0.25) is 5.02 Å². The number of thiophene rings is 1. The fraction of sp³-hybridized carbons (Fsp3) is 0.192. The van der Waals surface area contributed by atoms with Crippen molar-refractivity contribution in [2.45, 2.75) is 32.9 Å². The Kier molecular flexibility index (Phi) is 6.22. The molecule has 0 saturated carbocycles. The molecule has 172 valence electrons. The number of hydrogen-bond acceptors (Lipinski definition) is 5. The maximum atomic E-state index is 13.2. The third kappa shape index (κ3) is 4.36. The van der Waals surface area contributed by atoms with Gasteiger partial charge in [-0.25, -0.2) is 4.79 Å². The predicted molar refractivity (Wildman–Crippen MR) is 134 cm³/mol. The predicted octanol–water partition coefficient (Wildman–Crippen LogP) is 6.71. The van der Waals surface area contributed by atoms with E-state index in [0.29, 0.717) is 23.3 Å². The second kappa shape index (κ2) is 9.44. The van der Waals surface area contributed by atoms with E-state index in [4.69, 9.17) is 21.1 Å². The Morgan fingerprint density at radius 1 is 1.15 bits per heavy atom. The molecule has 0 spiro atoms. The first-order valence-corrected chi connectivity index (χ1v) is 12.3. The molecular weight excluding hydrogens is 468 g/mol. The second-order valence-electron chi connectivity index (χ2n) is 8.08. The van der Waals surface area contributed by atoms with Gasteiger partial charge in [0.2, 0.25) is 5.82 Å². The highest BCUT2D eigenvalue weighted by atomic mass is 35.5. The lowest BCUT2D eigenvalue weighted by Crippen LogP contribution is -2.45. The minimum atomic E-state index is -0.411. The zero-order valence-electron chi connectivity index (χ0n) is 18.8. The summed E-state index contributed by atoms with van der Waals surface area (Å²) in [6.45, 7) is 4.51. The van der Waals surface area contributed by atoms with Crippen LogP contribution >= 0.6 is 22.9 Å². The summed E-state index contributed by atoms with van der Waals surface area (Å²) in [6, 6.07) is 19.0. The molecule has 1 N–H and O–H groups in total. The van der Waals surface area contributed by atoms with E-state index in [-0.39, 0.29) is 6.03 Å². The smallest absolute Gasteiger partial charge is 0.322 e. The van der Waals surface area contributed by atoms with Crippen molar-refractivity contribution in [2.75, 3.05) is 0 Å². The number of nitrogens with zero attached hydrogens (tertiary/aromatic N) is 3. The third-order valence-electron chi connectivity index (χ3n) is 5.95. The number of rotatable bonds is 6. The molecule has 1 aliphatic heterocycles. The molecule has 0 saturated heterocycles. The number of halogens is 1. The van der Waals surface area contributed by atoms with Crippen LogP contribution in [0.5, 0.6) is 0 Å². The molecule has 0 fully saturated rings. The van der Waals surface area contributed by atoms with Crippen molar-refractivity contribution in [3.05, 3.63) is 98.7 Å². The van der Waals surface area contributed by atoms with E-state index in [1.165, 1.54) is 5.56 Å². The van der Waals surface area contributed by atoms with Gasteiger partial charge in [-0.2, -0.15) is 4.98 Å². The Hall–Kier alpha value is -3.42. The summed E-state index contributed by atoms with van der Waals surface area (Å²) in [5, 5.41) is 9.96. The van der Waals surface area contributed by atoms with Crippen molar-refractivity contribution in [1.29, 1.82) is 0 Å². The van der Waals surface area contributed by atoms with Gasteiger partial charge in [0, 0.05) is 21.2 Å². The highest BCUT2D eigenvalue weighted by Crippen LogP contribution is 2.38. The number of benzene rings is 2. The number of hydrogen-bond donors (Lipinski definition) is 1. The summed E-state index contributed by atoms with van der Waals surface area (Å²) in [4.78, 5) is 20.7. The summed E-state index contributed by atoms with van der Waals surface area (Å²) in [5.41, 5.74) is 4.51. The Morgan fingerprint density at radius 3 is 2.68 bits per heavy atom. The van der Waals surface area contributed by atoms with Crippen LogP contribution in [0.3, 0.4) is 0 Å². The fourth-order valence-electron chi connectivity index (χ4n) is 4.08. The van der Waals surface area contributed by atoms with E-state index >= 15 is 0 Å². The van der Waals surface area contributed by atoms with Crippen molar-refractivity contribution in [1.82, 2.24) is 20.4 Å². The van der Waals surface area contributed by atoms with Gasteiger partial charge < -0.3 is 9.84 Å². The standard InChI is InChI=1S/C26H23ClN4O2S/c1-3-17-9-11-18(12-10-17)23-22(16(2)31(26(32)28-23)15-21-8-5-13-34-21)25-29-24(30-33-25)19-6-4-7-20(27)14-19/h4-14,23H,3,15H2,1-2H3,(H,28,32). The summed E-state index contributed by atoms with van der Waals surface area (Å²) in [6.07, 6.45) is 0.945. The van der Waals surface area contributed by atoms with Crippen LogP contribution in [0.1, 0.15) is 41.8 Å². The second-order valence-corrected chi connectivity index (χ2v) is 9.54. The topological polar surface area (TPSA) is 71.3 Å². The minimum absolute atomic E-state index is 0.159. The van der Waals surface area contributed by atoms with Crippen molar-refractivity contribution in [3.63, 3.8) is 0 Å². The Labute approximate surface area is 206 Å². The van der Waals surface area contributed by atoms with E-state index < -0.39 is 6.04 Å². The first-order valence-electron chi connectivity index (χ1n) is 11.0. The van der Waals surface area contributed by atoms with E-state index in [0.717, 1.165) is 33.7 Å². The number of aryl methyl sites for hydroxylation is 1. The Bertz CT molecular complexity index is 1350. The summed E-state index contributed by atoms with van der Waals surface area (Å²) < 4.78 is 5.75. The largest absolute Gasteiger partial charge is 0.334 e. The molecule has 2 aromatic carbocycles. The van der Waals surface area contributed by atoms with Gasteiger partial charge in [0.15, 0.2) is 0 Å². The molecule has 0 radical (unpaired) electrons. The number of urea groups is 1. The first kappa shape index (κ1) is 22.4. The first-order chi connectivity index (χ1) is 16.5. The lowest BCUT2D eigenvalue weighted by Gasteiger charge is -2.35. The SMILES string of the molecule is CCc1ccc(C2NC(=O)N(Cc3cccs3)C(C)=C2c2nc(-c3cccc(Cl)c3)no2)cc1. The third-order valence-corrected chi connectivity index (χ3v) is 7.05. The van der Waals surface area contributed by atoms with E-state index in [1.54, 1.807) is 28.4 Å². The van der Waals surface area contributed by atoms with Gasteiger partial charge in [-0.15, -0.1) is 11.3 Å². The summed E-state index contributed by atoms with van der Waals surface area (Å²) >= 11 is 7.77. The lowest BCUT2D eigenvalue weighted by molar-refractivity contribution is 0.203. The molecule has 2 aromatic heterocycles. The molecule has 2 amide bonds. The number of nitrogens with one attached hydrogen (secondary N) is 1. The van der Waals surface area contributed by atoms with E-state index in [9.17, 15) is 4.79 Å². The molecule has 4 aromatic rings. The normalized spacial score (nSPS) is 16.1. The van der Waals surface area contributed by atoms with E-state index in [1.807, 2.05) is 48.7 Å². The molecular formula is C26H23ClN4O2S. The maximum absolute atomic E-state index is 13.2. The van der Waals surface area contributed by atoms with Crippen molar-refractivity contribution >= 4 is 34.5 Å². The molecule has 1 unspecified atom stereocenters. The van der Waals surface area contributed by atoms with Gasteiger partial charge in [-0.1, -0.05) is 66.1 Å². The number of allylic oxidation sites excluding steroid dienone is 1. The molecule has 0 bridgehead atoms. The lowest BCUT2D eigenvalue weighted by atomic mass is 9.93. The number of carbonyl (C=O) groups is 1. The van der Waals surface area contributed by atoms with Crippen LogP contribution < -0.4 is 5.32 Å². The zero-order valence-corrected chi connectivity index (χ0v) is 20.4. The van der Waals surface area contributed by atoms with Crippen LogP contribution in [-0.4, -0.2) is 21.1 Å². The van der Waals surface area contributed by atoms with Crippen molar-refractivity contribution < 1.29 is 9.32 Å². The number of amides is 2. The average molecular weight is 491 g/mol. The molecule has 34 heavy (non-hydrogen) atoms. The van der Waals surface area contributed by atoms with Crippen molar-refractivity contribution in [2.24, 2.45) is 0 Å². The summed E-state index contributed by atoms with van der Waals surface area (Å²) in [5.74, 6) is 0.813. The van der Waals surface area contributed by atoms with E-state index in [2.05, 4.69) is 29.5 Å². The van der Waals surface area contributed by atoms with Gasteiger partial charge in [0.25, 0.3) is 5.89 Å². The molecule has 6 nitrogen and oxygen atoms in total. The molecule has 5 rings (SSSR count). The zero-order chi connectivity index (χ0) is 23.7. The van der Waals surface area contributed by atoms with Crippen LogP contribution in [0.15, 0.2) is 76.3 Å². The van der Waals surface area contributed by atoms with Crippen LogP contribution in [0.4, 0.5) is 4.79 Å². The molecule has 0 aliphatic carbocycles. The van der Waals surface area contributed by atoms with Gasteiger partial charge in [-0.3, -0.25) is 4.90 Å². The molecule has 1 aliphatic rings. The van der Waals surface area contributed by atoms with Crippen LogP contribution in [0.25, 0.3) is 17.0 Å². The van der Waals surface area contributed by atoms with Crippen molar-refractivity contribution in [3.8, 4) is 11.4 Å². The average Bonchev–Trinajstić information content (AvgIpc) is 3.54. The van der Waals surface area contributed by atoms with Gasteiger partial charge in [0.05, 0.1) is 18.2 Å². The van der Waals surface area contributed by atoms with Gasteiger partial charge >= 0.3 is 6.03 Å². The molecule has 8 heteroatoms. The quantitative estimate of drug-likeness (QED) is 0.326. The fourth-order valence-corrected chi connectivity index (χ4v) is 4.96. The van der Waals surface area contributed by atoms with Gasteiger partial charge in [-0.05, 0) is 48.1 Å². The van der Waals surface area contributed by atoms with Crippen LogP contribution in [-0.2, 0) is 13.0 Å². The number of aromatic nitrogens is 2. The molecule has 3 heterocycles. The maximum Gasteiger partial charge on any atom is 0.322 e. The Balaban J connectivity index is 1.59. The monoisotopic (exact) mass is 490 g/mol. The number of carbonyl (C=O) groups excluding carboxylic acids is 1. The molecule has 1 atom stereocenters. The highest BCUT2D eigenvalue weighted by Gasteiger charge is 2.36. The summed E-state index contributed by atoms with van der Waals surface area (Å²) in [7, 11) is 0. The van der Waals surface area contributed by atoms with Gasteiger partial charge in [0.1, 0.15) is 0 Å².